The smallest absolute Gasteiger partial charge is 0.225 e. The minimum atomic E-state index is 0.164. The number of ether oxygens (including phenoxy) is 1. The summed E-state index contributed by atoms with van der Waals surface area (Å²) in [5.74, 6) is 1.35. The Balaban J connectivity index is 2.22. The summed E-state index contributed by atoms with van der Waals surface area (Å²) in [6.07, 6.45) is 4.31. The van der Waals surface area contributed by atoms with Crippen molar-refractivity contribution in [3.63, 3.8) is 0 Å². The molecule has 1 aliphatic carbocycles. The van der Waals surface area contributed by atoms with Crippen LogP contribution in [0.5, 0.6) is 5.88 Å². The molecule has 0 aromatic carbocycles. The van der Waals surface area contributed by atoms with Gasteiger partial charge in [-0.3, -0.25) is 0 Å². The van der Waals surface area contributed by atoms with Crippen LogP contribution >= 0.6 is 23.1 Å². The summed E-state index contributed by atoms with van der Waals surface area (Å²) in [4.78, 5) is 1.18. The molecule has 2 atom stereocenters. The molecule has 0 amide bonds. The number of halogens is 1. The first-order valence-electron chi connectivity index (χ1n) is 5.05. The maximum atomic E-state index is 6.17. The van der Waals surface area contributed by atoms with E-state index in [1.54, 1.807) is 7.11 Å². The predicted molar refractivity (Wildman–Crippen MR) is 64.7 cm³/mol. The standard InChI is InChI=1S/C11H14ClNOS/c1-7-3-8(5-9(12)4-7)10-6-11(14-2)13-15-10/h5-7,9H,3-4H2,1-2H3. The van der Waals surface area contributed by atoms with Crippen molar-refractivity contribution in [2.24, 2.45) is 5.92 Å². The summed E-state index contributed by atoms with van der Waals surface area (Å²) in [5, 5.41) is 0.164. The molecular weight excluding hydrogens is 230 g/mol. The third-order valence-corrected chi connectivity index (χ3v) is 3.74. The Kier molecular flexibility index (Phi) is 3.32. The van der Waals surface area contributed by atoms with E-state index >= 15 is 0 Å². The highest BCUT2D eigenvalue weighted by Gasteiger charge is 2.20. The maximum Gasteiger partial charge on any atom is 0.225 e. The number of nitrogens with zero attached hydrogens (tertiary/aromatic N) is 1. The molecule has 1 heterocycles. The van der Waals surface area contributed by atoms with Crippen LogP contribution in [0.15, 0.2) is 12.1 Å². The van der Waals surface area contributed by atoms with E-state index in [0.717, 1.165) is 12.8 Å². The topological polar surface area (TPSA) is 22.1 Å². The van der Waals surface area contributed by atoms with Crippen molar-refractivity contribution in [2.45, 2.75) is 25.1 Å². The fraction of sp³-hybridized carbons (Fsp3) is 0.545. The van der Waals surface area contributed by atoms with Gasteiger partial charge in [-0.25, -0.2) is 0 Å². The quantitative estimate of drug-likeness (QED) is 0.741. The Morgan fingerprint density at radius 2 is 2.40 bits per heavy atom. The zero-order valence-electron chi connectivity index (χ0n) is 8.87. The lowest BCUT2D eigenvalue weighted by Crippen LogP contribution is -2.10. The first-order valence-corrected chi connectivity index (χ1v) is 6.26. The van der Waals surface area contributed by atoms with Gasteiger partial charge in [0.05, 0.1) is 17.4 Å². The molecule has 15 heavy (non-hydrogen) atoms. The molecule has 2 nitrogen and oxygen atoms in total. The number of alkyl halides is 1. The summed E-state index contributed by atoms with van der Waals surface area (Å²) in [6.45, 7) is 2.24. The van der Waals surface area contributed by atoms with E-state index in [-0.39, 0.29) is 5.38 Å². The van der Waals surface area contributed by atoms with Gasteiger partial charge in [-0.1, -0.05) is 13.0 Å². The van der Waals surface area contributed by atoms with E-state index in [0.29, 0.717) is 11.8 Å². The van der Waals surface area contributed by atoms with Gasteiger partial charge in [0, 0.05) is 6.07 Å². The fourth-order valence-corrected chi connectivity index (χ4v) is 3.08. The summed E-state index contributed by atoms with van der Waals surface area (Å²) in [5.41, 5.74) is 1.31. The van der Waals surface area contributed by atoms with E-state index < -0.39 is 0 Å². The van der Waals surface area contributed by atoms with Crippen molar-refractivity contribution in [2.75, 3.05) is 7.11 Å². The van der Waals surface area contributed by atoms with Crippen molar-refractivity contribution < 1.29 is 4.74 Å². The molecule has 0 radical (unpaired) electrons. The Morgan fingerprint density at radius 1 is 1.60 bits per heavy atom. The van der Waals surface area contributed by atoms with Gasteiger partial charge in [0.15, 0.2) is 0 Å². The van der Waals surface area contributed by atoms with Crippen LogP contribution in [0.4, 0.5) is 0 Å². The zero-order chi connectivity index (χ0) is 10.8. The number of hydrogen-bond donors (Lipinski definition) is 0. The Hall–Kier alpha value is -0.540. The van der Waals surface area contributed by atoms with Crippen LogP contribution in [-0.4, -0.2) is 16.9 Å². The van der Waals surface area contributed by atoms with E-state index in [2.05, 4.69) is 17.4 Å². The average Bonchev–Trinajstić information content (AvgIpc) is 2.64. The second-order valence-electron chi connectivity index (χ2n) is 3.99. The van der Waals surface area contributed by atoms with Crippen LogP contribution < -0.4 is 4.74 Å². The second-order valence-corrected chi connectivity index (χ2v) is 5.35. The number of methoxy groups -OCH3 is 1. The monoisotopic (exact) mass is 243 g/mol. The molecule has 1 aliphatic rings. The molecule has 0 N–H and O–H groups in total. The molecular formula is C11H14ClNOS. The zero-order valence-corrected chi connectivity index (χ0v) is 10.4. The molecule has 0 fully saturated rings. The van der Waals surface area contributed by atoms with E-state index in [9.17, 15) is 0 Å². The highest BCUT2D eigenvalue weighted by molar-refractivity contribution is 7.07. The van der Waals surface area contributed by atoms with Gasteiger partial charge in [0.2, 0.25) is 5.88 Å². The molecule has 1 aromatic heterocycles. The lowest BCUT2D eigenvalue weighted by Gasteiger charge is -2.21. The normalized spacial score (nSPS) is 26.2. The van der Waals surface area contributed by atoms with Gasteiger partial charge >= 0.3 is 0 Å². The van der Waals surface area contributed by atoms with E-state index in [1.165, 1.54) is 22.0 Å². The molecule has 0 bridgehead atoms. The molecule has 2 unspecified atom stereocenters. The van der Waals surface area contributed by atoms with Crippen molar-refractivity contribution in [3.05, 3.63) is 17.0 Å². The number of aromatic nitrogens is 1. The first-order chi connectivity index (χ1) is 7.19. The minimum Gasteiger partial charge on any atom is -0.480 e. The van der Waals surface area contributed by atoms with Gasteiger partial charge in [0.1, 0.15) is 0 Å². The van der Waals surface area contributed by atoms with Crippen LogP contribution in [0.25, 0.3) is 5.57 Å². The third kappa shape index (κ3) is 2.52. The highest BCUT2D eigenvalue weighted by Crippen LogP contribution is 2.35. The van der Waals surface area contributed by atoms with Crippen molar-refractivity contribution in [3.8, 4) is 5.88 Å². The summed E-state index contributed by atoms with van der Waals surface area (Å²) in [7, 11) is 1.64. The largest absolute Gasteiger partial charge is 0.480 e. The molecule has 0 spiro atoms. The highest BCUT2D eigenvalue weighted by atomic mass is 35.5. The Bertz CT molecular complexity index is 374. The minimum absolute atomic E-state index is 0.164. The summed E-state index contributed by atoms with van der Waals surface area (Å²) in [6, 6.07) is 1.98. The van der Waals surface area contributed by atoms with Crippen LogP contribution in [0.1, 0.15) is 24.6 Å². The number of allylic oxidation sites excluding steroid dienone is 2. The second kappa shape index (κ2) is 4.54. The van der Waals surface area contributed by atoms with Gasteiger partial charge in [-0.15, -0.1) is 11.6 Å². The first kappa shape index (κ1) is 11.0. The van der Waals surface area contributed by atoms with Gasteiger partial charge < -0.3 is 4.74 Å². The molecule has 0 saturated carbocycles. The van der Waals surface area contributed by atoms with Crippen LogP contribution in [0.3, 0.4) is 0 Å². The van der Waals surface area contributed by atoms with Crippen LogP contribution in [0.2, 0.25) is 0 Å². The molecule has 1 aromatic rings. The van der Waals surface area contributed by atoms with Crippen molar-refractivity contribution in [1.29, 1.82) is 0 Å². The summed E-state index contributed by atoms with van der Waals surface area (Å²) < 4.78 is 9.27. The van der Waals surface area contributed by atoms with Gasteiger partial charge in [-0.05, 0) is 35.9 Å². The van der Waals surface area contributed by atoms with Crippen molar-refractivity contribution >= 4 is 28.7 Å². The number of hydrogen-bond acceptors (Lipinski definition) is 3. The Morgan fingerprint density at radius 3 is 3.00 bits per heavy atom. The van der Waals surface area contributed by atoms with Crippen molar-refractivity contribution in [1.82, 2.24) is 4.37 Å². The average molecular weight is 244 g/mol. The lowest BCUT2D eigenvalue weighted by atomic mass is 9.89. The third-order valence-electron chi connectivity index (χ3n) is 2.59. The maximum absolute atomic E-state index is 6.17. The molecule has 82 valence electrons. The molecule has 4 heteroatoms. The fourth-order valence-electron chi connectivity index (χ4n) is 1.89. The van der Waals surface area contributed by atoms with Crippen LogP contribution in [-0.2, 0) is 0 Å². The van der Waals surface area contributed by atoms with Crippen LogP contribution in [0, 0.1) is 5.92 Å². The lowest BCUT2D eigenvalue weighted by molar-refractivity contribution is 0.402. The number of rotatable bonds is 2. The van der Waals surface area contributed by atoms with Gasteiger partial charge in [0.25, 0.3) is 0 Å². The Labute approximate surface area is 99.1 Å². The predicted octanol–water partition coefficient (Wildman–Crippen LogP) is 3.57. The van der Waals surface area contributed by atoms with Gasteiger partial charge in [-0.2, -0.15) is 4.37 Å². The molecule has 0 aliphatic heterocycles. The molecule has 2 rings (SSSR count). The molecule has 0 saturated heterocycles. The summed E-state index contributed by atoms with van der Waals surface area (Å²) >= 11 is 7.66. The van der Waals surface area contributed by atoms with E-state index in [1.807, 2.05) is 6.07 Å². The SMILES string of the molecule is COc1cc(C2=CC(Cl)CC(C)C2)sn1. The van der Waals surface area contributed by atoms with E-state index in [4.69, 9.17) is 16.3 Å².